The third-order valence-electron chi connectivity index (χ3n) is 2.17. The summed E-state index contributed by atoms with van der Waals surface area (Å²) >= 11 is 0. The fourth-order valence-corrected chi connectivity index (χ4v) is 1.47. The molecule has 0 radical (unpaired) electrons. The van der Waals surface area contributed by atoms with Crippen LogP contribution in [0.5, 0.6) is 0 Å². The van der Waals surface area contributed by atoms with Crippen LogP contribution in [0.25, 0.3) is 0 Å². The molecule has 15 heavy (non-hydrogen) atoms. The van der Waals surface area contributed by atoms with Gasteiger partial charge in [0.05, 0.1) is 13.2 Å². The number of anilines is 1. The lowest BCUT2D eigenvalue weighted by Gasteiger charge is -2.25. The van der Waals surface area contributed by atoms with E-state index in [4.69, 9.17) is 14.4 Å². The molecule has 5 nitrogen and oxygen atoms in total. The molecule has 1 aliphatic rings. The van der Waals surface area contributed by atoms with Gasteiger partial charge in [0.2, 0.25) is 17.5 Å². The highest BCUT2D eigenvalue weighted by atomic mass is 19.1. The van der Waals surface area contributed by atoms with Gasteiger partial charge in [0.15, 0.2) is 6.67 Å². The highest BCUT2D eigenvalue weighted by molar-refractivity contribution is 5.48. The van der Waals surface area contributed by atoms with Crippen LogP contribution < -0.4 is 4.90 Å². The van der Waals surface area contributed by atoms with Gasteiger partial charge >= 0.3 is 0 Å². The Bertz CT molecular complexity index is 379. The largest absolute Gasteiger partial charge is 0.421 e. The molecular weight excluding hydrogens is 201 g/mol. The minimum absolute atomic E-state index is 0.0481. The van der Waals surface area contributed by atoms with Crippen molar-refractivity contribution in [3.8, 4) is 6.07 Å². The summed E-state index contributed by atoms with van der Waals surface area (Å²) < 4.78 is 22.6. The third-order valence-corrected chi connectivity index (χ3v) is 2.17. The molecule has 1 fully saturated rings. The Morgan fingerprint density at radius 1 is 1.47 bits per heavy atom. The number of hydrogen-bond acceptors (Lipinski definition) is 5. The van der Waals surface area contributed by atoms with Crippen LogP contribution in [0.15, 0.2) is 4.42 Å². The van der Waals surface area contributed by atoms with Gasteiger partial charge in [-0.2, -0.15) is 10.2 Å². The van der Waals surface area contributed by atoms with Crippen molar-refractivity contribution in [2.75, 3.05) is 31.2 Å². The van der Waals surface area contributed by atoms with E-state index in [1.54, 1.807) is 0 Å². The Morgan fingerprint density at radius 2 is 2.20 bits per heavy atom. The second-order valence-electron chi connectivity index (χ2n) is 3.11. The van der Waals surface area contributed by atoms with Crippen LogP contribution >= 0.6 is 0 Å². The van der Waals surface area contributed by atoms with E-state index in [1.165, 1.54) is 0 Å². The number of aromatic nitrogens is 1. The molecule has 1 aromatic heterocycles. The smallest absolute Gasteiger partial charge is 0.235 e. The molecule has 0 aliphatic carbocycles. The average molecular weight is 211 g/mol. The summed E-state index contributed by atoms with van der Waals surface area (Å²) in [4.78, 5) is 5.58. The summed E-state index contributed by atoms with van der Waals surface area (Å²) in [5, 5.41) is 8.81. The van der Waals surface area contributed by atoms with Crippen LogP contribution in [0.2, 0.25) is 0 Å². The monoisotopic (exact) mass is 211 g/mol. The van der Waals surface area contributed by atoms with Crippen molar-refractivity contribution in [3.05, 3.63) is 11.6 Å². The molecule has 2 rings (SSSR count). The van der Waals surface area contributed by atoms with Gasteiger partial charge in [0.25, 0.3) is 0 Å². The highest BCUT2D eigenvalue weighted by Crippen LogP contribution is 2.22. The van der Waals surface area contributed by atoms with E-state index < -0.39 is 6.67 Å². The van der Waals surface area contributed by atoms with Crippen molar-refractivity contribution in [3.63, 3.8) is 0 Å². The van der Waals surface area contributed by atoms with Gasteiger partial charge in [-0.05, 0) is 0 Å². The van der Waals surface area contributed by atoms with Crippen LogP contribution in [-0.2, 0) is 11.4 Å². The van der Waals surface area contributed by atoms with Crippen molar-refractivity contribution < 1.29 is 13.5 Å². The molecule has 80 valence electrons. The van der Waals surface area contributed by atoms with Crippen LogP contribution in [-0.4, -0.2) is 31.3 Å². The standard InChI is InChI=1S/C9H10FN3O2/c10-5-8-12-7(6-11)9(15-8)13-1-3-14-4-2-13/h1-5H2. The first-order chi connectivity index (χ1) is 7.35. The second kappa shape index (κ2) is 4.28. The number of alkyl halides is 1. The van der Waals surface area contributed by atoms with Gasteiger partial charge in [-0.3, -0.25) is 0 Å². The van der Waals surface area contributed by atoms with Crippen LogP contribution in [0.4, 0.5) is 10.3 Å². The SMILES string of the molecule is N#Cc1nc(CF)oc1N1CCOCC1. The van der Waals surface area contributed by atoms with Gasteiger partial charge in [-0.25, -0.2) is 4.39 Å². The number of nitrogens with zero attached hydrogens (tertiary/aromatic N) is 3. The predicted octanol–water partition coefficient (Wildman–Crippen LogP) is 0.852. The number of halogens is 1. The van der Waals surface area contributed by atoms with Gasteiger partial charge in [-0.15, -0.1) is 0 Å². The zero-order chi connectivity index (χ0) is 10.7. The molecule has 1 saturated heterocycles. The van der Waals surface area contributed by atoms with Crippen molar-refractivity contribution in [1.29, 1.82) is 5.26 Å². The zero-order valence-electron chi connectivity index (χ0n) is 8.07. The molecule has 0 atom stereocenters. The molecule has 1 aliphatic heterocycles. The summed E-state index contributed by atoms with van der Waals surface area (Å²) in [5.74, 6) is 0.307. The van der Waals surface area contributed by atoms with Crippen LogP contribution in [0, 0.1) is 11.3 Å². The fourth-order valence-electron chi connectivity index (χ4n) is 1.47. The number of nitriles is 1. The topological polar surface area (TPSA) is 62.3 Å². The molecule has 0 aromatic carbocycles. The number of rotatable bonds is 2. The van der Waals surface area contributed by atoms with Crippen molar-refractivity contribution in [2.24, 2.45) is 0 Å². The maximum Gasteiger partial charge on any atom is 0.235 e. The Kier molecular flexibility index (Phi) is 2.83. The normalized spacial score (nSPS) is 16.4. The van der Waals surface area contributed by atoms with Gasteiger partial charge in [-0.1, -0.05) is 0 Å². The zero-order valence-corrected chi connectivity index (χ0v) is 8.07. The molecule has 2 heterocycles. The fraction of sp³-hybridized carbons (Fsp3) is 0.556. The number of ether oxygens (including phenoxy) is 1. The quantitative estimate of drug-likeness (QED) is 0.725. The molecule has 0 amide bonds. The Balaban J connectivity index is 2.25. The molecule has 0 saturated carbocycles. The number of hydrogen-bond donors (Lipinski definition) is 0. The third kappa shape index (κ3) is 1.92. The van der Waals surface area contributed by atoms with E-state index in [-0.39, 0.29) is 11.6 Å². The van der Waals surface area contributed by atoms with E-state index in [9.17, 15) is 4.39 Å². The molecule has 0 bridgehead atoms. The van der Waals surface area contributed by atoms with E-state index in [0.29, 0.717) is 32.2 Å². The Hall–Kier alpha value is -1.61. The Morgan fingerprint density at radius 3 is 2.80 bits per heavy atom. The summed E-state index contributed by atoms with van der Waals surface area (Å²) in [6, 6.07) is 1.89. The van der Waals surface area contributed by atoms with Crippen LogP contribution in [0.1, 0.15) is 11.6 Å². The first-order valence-electron chi connectivity index (χ1n) is 4.63. The molecular formula is C9H10FN3O2. The van der Waals surface area contributed by atoms with Crippen molar-refractivity contribution >= 4 is 5.88 Å². The van der Waals surface area contributed by atoms with E-state index in [1.807, 2.05) is 11.0 Å². The first-order valence-corrected chi connectivity index (χ1v) is 4.63. The lowest BCUT2D eigenvalue weighted by atomic mass is 10.4. The Labute approximate surface area is 86.1 Å². The molecule has 0 N–H and O–H groups in total. The van der Waals surface area contributed by atoms with Crippen LogP contribution in [0.3, 0.4) is 0 Å². The summed E-state index contributed by atoms with van der Waals surface area (Å²) in [6.07, 6.45) is 0. The first kappa shape index (κ1) is 9.93. The van der Waals surface area contributed by atoms with Crippen molar-refractivity contribution in [1.82, 2.24) is 4.98 Å². The lowest BCUT2D eigenvalue weighted by Crippen LogP contribution is -2.36. The summed E-state index contributed by atoms with van der Waals surface area (Å²) in [6.45, 7) is 1.64. The molecule has 0 spiro atoms. The molecule has 1 aromatic rings. The van der Waals surface area contributed by atoms with Crippen molar-refractivity contribution in [2.45, 2.75) is 6.67 Å². The number of morpholine rings is 1. The minimum Gasteiger partial charge on any atom is -0.421 e. The predicted molar refractivity (Wildman–Crippen MR) is 49.1 cm³/mol. The average Bonchev–Trinajstić information content (AvgIpc) is 2.73. The lowest BCUT2D eigenvalue weighted by molar-refractivity contribution is 0.120. The van der Waals surface area contributed by atoms with E-state index >= 15 is 0 Å². The summed E-state index contributed by atoms with van der Waals surface area (Å²) in [7, 11) is 0. The molecule has 0 unspecified atom stereocenters. The molecule has 6 heteroatoms. The maximum absolute atomic E-state index is 12.3. The maximum atomic E-state index is 12.3. The highest BCUT2D eigenvalue weighted by Gasteiger charge is 2.21. The van der Waals surface area contributed by atoms with Gasteiger partial charge in [0, 0.05) is 13.1 Å². The summed E-state index contributed by atoms with van der Waals surface area (Å²) in [5.41, 5.74) is 0.143. The van der Waals surface area contributed by atoms with Gasteiger partial charge < -0.3 is 14.1 Å². The number of oxazole rings is 1. The second-order valence-corrected chi connectivity index (χ2v) is 3.11. The minimum atomic E-state index is -0.793. The van der Waals surface area contributed by atoms with E-state index in [0.717, 1.165) is 0 Å². The van der Waals surface area contributed by atoms with Gasteiger partial charge in [0.1, 0.15) is 6.07 Å². The van der Waals surface area contributed by atoms with E-state index in [2.05, 4.69) is 4.98 Å².